The van der Waals surface area contributed by atoms with Crippen molar-refractivity contribution in [3.63, 3.8) is 0 Å². The molecule has 1 N–H and O–H groups in total. The summed E-state index contributed by atoms with van der Waals surface area (Å²) in [5.41, 5.74) is 0.325. The van der Waals surface area contributed by atoms with Gasteiger partial charge in [0.15, 0.2) is 6.10 Å². The third-order valence-electron chi connectivity index (χ3n) is 2.66. The lowest BCUT2D eigenvalue weighted by Gasteiger charge is -2.15. The van der Waals surface area contributed by atoms with Gasteiger partial charge in [0.2, 0.25) is 0 Å². The highest BCUT2D eigenvalue weighted by atomic mass is 19.1. The fourth-order valence-corrected chi connectivity index (χ4v) is 1.71. The third-order valence-corrected chi connectivity index (χ3v) is 2.66. The number of rotatable bonds is 5. The van der Waals surface area contributed by atoms with Crippen molar-refractivity contribution in [3.05, 3.63) is 66.0 Å². The van der Waals surface area contributed by atoms with Crippen LogP contribution < -0.4 is 4.74 Å². The molecule has 0 saturated heterocycles. The highest BCUT2D eigenvalue weighted by Crippen LogP contribution is 2.15. The minimum Gasteiger partial charge on any atom is -0.478 e. The molecule has 19 heavy (non-hydrogen) atoms. The number of ether oxygens (including phenoxy) is 1. The van der Waals surface area contributed by atoms with Crippen LogP contribution in [0.4, 0.5) is 4.39 Å². The van der Waals surface area contributed by atoms with Crippen LogP contribution in [-0.4, -0.2) is 17.2 Å². The predicted octanol–water partition coefficient (Wildman–Crippen LogP) is 2.90. The molecular formula is C15H13FO3. The van der Waals surface area contributed by atoms with E-state index in [1.165, 1.54) is 6.07 Å². The molecule has 0 amide bonds. The van der Waals surface area contributed by atoms with Crippen molar-refractivity contribution in [1.29, 1.82) is 0 Å². The third kappa shape index (κ3) is 3.55. The molecule has 2 aromatic carbocycles. The van der Waals surface area contributed by atoms with Crippen LogP contribution in [-0.2, 0) is 11.2 Å². The van der Waals surface area contributed by atoms with Crippen molar-refractivity contribution in [2.45, 2.75) is 12.5 Å². The SMILES string of the molecule is O=C(O)[C@H](Cc1ccccc1F)Oc1ccccc1. The van der Waals surface area contributed by atoms with E-state index in [1.807, 2.05) is 0 Å². The molecule has 98 valence electrons. The Kier molecular flexibility index (Phi) is 4.13. The summed E-state index contributed by atoms with van der Waals surface area (Å²) >= 11 is 0. The van der Waals surface area contributed by atoms with Crippen LogP contribution in [0, 0.1) is 5.82 Å². The van der Waals surface area contributed by atoms with Gasteiger partial charge in [0.25, 0.3) is 0 Å². The molecule has 0 radical (unpaired) electrons. The van der Waals surface area contributed by atoms with Gasteiger partial charge in [0.05, 0.1) is 0 Å². The van der Waals surface area contributed by atoms with E-state index in [1.54, 1.807) is 48.5 Å². The van der Waals surface area contributed by atoms with Crippen LogP contribution >= 0.6 is 0 Å². The van der Waals surface area contributed by atoms with Gasteiger partial charge >= 0.3 is 5.97 Å². The van der Waals surface area contributed by atoms with E-state index in [0.717, 1.165) is 0 Å². The second kappa shape index (κ2) is 6.00. The van der Waals surface area contributed by atoms with E-state index in [2.05, 4.69) is 0 Å². The molecule has 0 aromatic heterocycles. The van der Waals surface area contributed by atoms with Crippen molar-refractivity contribution in [2.75, 3.05) is 0 Å². The number of para-hydroxylation sites is 1. The maximum absolute atomic E-state index is 13.5. The molecule has 0 fully saturated rings. The zero-order valence-corrected chi connectivity index (χ0v) is 10.1. The Balaban J connectivity index is 2.13. The van der Waals surface area contributed by atoms with Crippen molar-refractivity contribution in [3.8, 4) is 5.75 Å². The number of carbonyl (C=O) groups is 1. The average Bonchev–Trinajstić information content (AvgIpc) is 2.41. The van der Waals surface area contributed by atoms with Gasteiger partial charge in [-0.15, -0.1) is 0 Å². The summed E-state index contributed by atoms with van der Waals surface area (Å²) in [7, 11) is 0. The van der Waals surface area contributed by atoms with Crippen molar-refractivity contribution >= 4 is 5.97 Å². The monoisotopic (exact) mass is 260 g/mol. The molecule has 0 aliphatic carbocycles. The molecule has 0 spiro atoms. The van der Waals surface area contributed by atoms with E-state index in [0.29, 0.717) is 11.3 Å². The Morgan fingerprint density at radius 1 is 1.11 bits per heavy atom. The van der Waals surface area contributed by atoms with Gasteiger partial charge in [0.1, 0.15) is 11.6 Å². The quantitative estimate of drug-likeness (QED) is 0.899. The zero-order valence-electron chi connectivity index (χ0n) is 10.1. The second-order valence-electron chi connectivity index (χ2n) is 4.05. The van der Waals surface area contributed by atoms with E-state index < -0.39 is 17.9 Å². The van der Waals surface area contributed by atoms with Crippen LogP contribution in [0.15, 0.2) is 54.6 Å². The topological polar surface area (TPSA) is 46.5 Å². The molecule has 0 saturated carbocycles. The number of benzene rings is 2. The van der Waals surface area contributed by atoms with Crippen LogP contribution in [0.5, 0.6) is 5.75 Å². The maximum Gasteiger partial charge on any atom is 0.345 e. The maximum atomic E-state index is 13.5. The first kappa shape index (κ1) is 13.1. The number of aliphatic carboxylic acids is 1. The minimum atomic E-state index is -1.12. The summed E-state index contributed by atoms with van der Waals surface area (Å²) in [4.78, 5) is 11.2. The van der Waals surface area contributed by atoms with Crippen LogP contribution in [0.1, 0.15) is 5.56 Å². The summed E-state index contributed by atoms with van der Waals surface area (Å²) in [5.74, 6) is -1.09. The summed E-state index contributed by atoms with van der Waals surface area (Å²) in [5, 5.41) is 9.14. The number of hydrogen-bond acceptors (Lipinski definition) is 2. The fraction of sp³-hybridized carbons (Fsp3) is 0.133. The Hall–Kier alpha value is -2.36. The Labute approximate surface area is 110 Å². The van der Waals surface area contributed by atoms with E-state index in [4.69, 9.17) is 9.84 Å². The zero-order chi connectivity index (χ0) is 13.7. The number of hydrogen-bond donors (Lipinski definition) is 1. The molecule has 4 heteroatoms. The normalized spacial score (nSPS) is 11.8. The van der Waals surface area contributed by atoms with Gasteiger partial charge in [-0.2, -0.15) is 0 Å². The highest BCUT2D eigenvalue weighted by molar-refractivity contribution is 5.73. The number of halogens is 1. The van der Waals surface area contributed by atoms with Gasteiger partial charge in [0, 0.05) is 6.42 Å². The second-order valence-corrected chi connectivity index (χ2v) is 4.05. The Bertz CT molecular complexity index is 554. The average molecular weight is 260 g/mol. The van der Waals surface area contributed by atoms with Gasteiger partial charge in [-0.3, -0.25) is 0 Å². The molecule has 0 heterocycles. The lowest BCUT2D eigenvalue weighted by molar-refractivity contribution is -0.145. The summed E-state index contributed by atoms with van der Waals surface area (Å²) in [6, 6.07) is 14.7. The van der Waals surface area contributed by atoms with E-state index in [-0.39, 0.29) is 6.42 Å². The van der Waals surface area contributed by atoms with Gasteiger partial charge in [-0.25, -0.2) is 9.18 Å². The standard InChI is InChI=1S/C15H13FO3/c16-13-9-5-4-6-11(13)10-14(15(17)18)19-12-7-2-1-3-8-12/h1-9,14H,10H2,(H,17,18)/t14-/m0/s1. The predicted molar refractivity (Wildman–Crippen MR) is 68.6 cm³/mol. The Morgan fingerprint density at radius 2 is 1.74 bits per heavy atom. The van der Waals surface area contributed by atoms with E-state index in [9.17, 15) is 9.18 Å². The van der Waals surface area contributed by atoms with Crippen LogP contribution in [0.3, 0.4) is 0 Å². The molecule has 2 rings (SSSR count). The van der Waals surface area contributed by atoms with Gasteiger partial charge < -0.3 is 9.84 Å². The van der Waals surface area contributed by atoms with Crippen molar-refractivity contribution in [1.82, 2.24) is 0 Å². The number of carboxylic acids is 1. The van der Waals surface area contributed by atoms with E-state index >= 15 is 0 Å². The van der Waals surface area contributed by atoms with Crippen molar-refractivity contribution in [2.24, 2.45) is 0 Å². The van der Waals surface area contributed by atoms with Gasteiger partial charge in [-0.05, 0) is 23.8 Å². The summed E-state index contributed by atoms with van der Waals surface area (Å²) in [6.07, 6.45) is -1.13. The van der Waals surface area contributed by atoms with Crippen molar-refractivity contribution < 1.29 is 19.0 Å². The highest BCUT2D eigenvalue weighted by Gasteiger charge is 2.21. The number of carboxylic acid groups (broad SMARTS) is 1. The van der Waals surface area contributed by atoms with Crippen LogP contribution in [0.2, 0.25) is 0 Å². The molecule has 0 bridgehead atoms. The Morgan fingerprint density at radius 3 is 2.37 bits per heavy atom. The largest absolute Gasteiger partial charge is 0.478 e. The summed E-state index contributed by atoms with van der Waals surface area (Å²) < 4.78 is 18.9. The van der Waals surface area contributed by atoms with Gasteiger partial charge in [-0.1, -0.05) is 36.4 Å². The van der Waals surface area contributed by atoms with Crippen LogP contribution in [0.25, 0.3) is 0 Å². The molecule has 3 nitrogen and oxygen atoms in total. The fourth-order valence-electron chi connectivity index (χ4n) is 1.71. The first-order valence-corrected chi connectivity index (χ1v) is 5.85. The molecule has 0 aliphatic rings. The first-order chi connectivity index (χ1) is 9.16. The lowest BCUT2D eigenvalue weighted by Crippen LogP contribution is -2.29. The smallest absolute Gasteiger partial charge is 0.345 e. The minimum absolute atomic E-state index is 0.0170. The molecular weight excluding hydrogens is 247 g/mol. The molecule has 2 aromatic rings. The first-order valence-electron chi connectivity index (χ1n) is 5.85. The molecule has 0 unspecified atom stereocenters. The molecule has 0 aliphatic heterocycles. The summed E-state index contributed by atoms with van der Waals surface area (Å²) in [6.45, 7) is 0. The molecule has 1 atom stereocenters. The lowest BCUT2D eigenvalue weighted by atomic mass is 10.1.